The summed E-state index contributed by atoms with van der Waals surface area (Å²) in [5, 5.41) is 11.5. The van der Waals surface area contributed by atoms with Crippen LogP contribution >= 0.6 is 0 Å². The van der Waals surface area contributed by atoms with Gasteiger partial charge in [-0.25, -0.2) is 13.1 Å². The van der Waals surface area contributed by atoms with Crippen LogP contribution in [0.1, 0.15) is 10.5 Å². The first-order chi connectivity index (χ1) is 9.24. The molecule has 0 aromatic carbocycles. The fraction of sp³-hybridized carbons (Fsp3) is 0.333. The number of nitrogens with two attached hydrogens (primary N) is 1. The Morgan fingerprint density at radius 3 is 2.70 bits per heavy atom. The number of anilines is 2. The second-order valence-electron chi connectivity index (χ2n) is 4.14. The number of hydrogen-bond acceptors (Lipinski definition) is 7. The number of nitrogens with zero attached hydrogens (tertiary/aromatic N) is 5. The molecule has 2 rings (SSSR count). The Morgan fingerprint density at radius 1 is 1.45 bits per heavy atom. The highest BCUT2D eigenvalue weighted by molar-refractivity contribution is 7.92. The van der Waals surface area contributed by atoms with E-state index >= 15 is 0 Å². The topological polar surface area (TPSA) is 138 Å². The van der Waals surface area contributed by atoms with E-state index in [1.165, 1.54) is 12.4 Å². The summed E-state index contributed by atoms with van der Waals surface area (Å²) in [4.78, 5) is 12.9. The number of carbonyl (C=O) groups is 1. The maximum atomic E-state index is 11.9. The zero-order valence-corrected chi connectivity index (χ0v) is 11.6. The summed E-state index contributed by atoms with van der Waals surface area (Å²) in [7, 11) is -3.43. The van der Waals surface area contributed by atoms with Crippen LogP contribution in [0.15, 0.2) is 12.4 Å². The maximum Gasteiger partial charge on any atom is 0.270 e. The van der Waals surface area contributed by atoms with Crippen molar-refractivity contribution in [3.8, 4) is 0 Å². The van der Waals surface area contributed by atoms with Crippen LogP contribution in [0.3, 0.4) is 0 Å². The van der Waals surface area contributed by atoms with Crippen LogP contribution in [-0.4, -0.2) is 45.4 Å². The highest BCUT2D eigenvalue weighted by Gasteiger charge is 2.12. The molecule has 2 heterocycles. The quantitative estimate of drug-likeness (QED) is 0.744. The number of rotatable bonds is 4. The Labute approximate surface area is 114 Å². The zero-order chi connectivity index (χ0) is 14.9. The smallest absolute Gasteiger partial charge is 0.270 e. The number of aryl methyl sites for hydroxylation is 1. The van der Waals surface area contributed by atoms with Gasteiger partial charge in [0.25, 0.3) is 5.91 Å². The van der Waals surface area contributed by atoms with Gasteiger partial charge in [0.15, 0.2) is 5.82 Å². The Bertz CT molecular complexity index is 726. The van der Waals surface area contributed by atoms with Gasteiger partial charge in [-0.15, -0.1) is 5.10 Å². The van der Waals surface area contributed by atoms with Gasteiger partial charge < -0.3 is 5.73 Å². The van der Waals surface area contributed by atoms with Crippen LogP contribution < -0.4 is 10.5 Å². The molecular formula is C9H13N7O3S. The van der Waals surface area contributed by atoms with Crippen molar-refractivity contribution in [2.45, 2.75) is 13.5 Å². The standard InChI is InChI=1S/C9H13N7O3S/c1-6-7(10)4-15(12-6)9(17)5-16-11-3-8(13-16)14-20(2,18)19/h3-4H,5,10H2,1-2H3,(H,13,14). The van der Waals surface area contributed by atoms with Crippen LogP contribution in [0.2, 0.25) is 0 Å². The SMILES string of the molecule is Cc1nn(C(=O)Cn2ncc(NS(C)(=O)=O)n2)cc1N. The molecule has 0 atom stereocenters. The first-order valence-corrected chi connectivity index (χ1v) is 7.36. The van der Waals surface area contributed by atoms with Crippen molar-refractivity contribution >= 4 is 27.4 Å². The highest BCUT2D eigenvalue weighted by Crippen LogP contribution is 2.07. The largest absolute Gasteiger partial charge is 0.396 e. The van der Waals surface area contributed by atoms with Crippen LogP contribution in [-0.2, 0) is 16.6 Å². The van der Waals surface area contributed by atoms with Gasteiger partial charge in [0.1, 0.15) is 6.54 Å². The number of aromatic nitrogens is 5. The van der Waals surface area contributed by atoms with E-state index in [4.69, 9.17) is 5.73 Å². The third kappa shape index (κ3) is 3.32. The molecule has 0 aliphatic heterocycles. The summed E-state index contributed by atoms with van der Waals surface area (Å²) in [6.45, 7) is 1.49. The first-order valence-electron chi connectivity index (χ1n) is 5.47. The van der Waals surface area contributed by atoms with E-state index in [-0.39, 0.29) is 12.4 Å². The molecule has 2 aromatic heterocycles. The Morgan fingerprint density at radius 2 is 2.15 bits per heavy atom. The molecule has 0 bridgehead atoms. The summed E-state index contributed by atoms with van der Waals surface area (Å²) in [5.41, 5.74) is 6.55. The van der Waals surface area contributed by atoms with Crippen molar-refractivity contribution in [2.24, 2.45) is 0 Å². The second kappa shape index (κ2) is 4.92. The van der Waals surface area contributed by atoms with Gasteiger partial charge >= 0.3 is 0 Å². The normalized spacial score (nSPS) is 11.5. The second-order valence-corrected chi connectivity index (χ2v) is 5.89. The summed E-state index contributed by atoms with van der Waals surface area (Å²) in [6.07, 6.45) is 3.60. The van der Waals surface area contributed by atoms with Crippen LogP contribution in [0, 0.1) is 6.92 Å². The van der Waals surface area contributed by atoms with E-state index in [0.717, 1.165) is 15.7 Å². The molecule has 0 aliphatic carbocycles. The molecular weight excluding hydrogens is 286 g/mol. The van der Waals surface area contributed by atoms with Gasteiger partial charge in [-0.05, 0) is 6.92 Å². The average Bonchev–Trinajstić information content (AvgIpc) is 2.85. The monoisotopic (exact) mass is 299 g/mol. The molecule has 0 unspecified atom stereocenters. The molecule has 0 spiro atoms. The van der Waals surface area contributed by atoms with Crippen molar-refractivity contribution in [2.75, 3.05) is 16.7 Å². The Balaban J connectivity index is 2.09. The van der Waals surface area contributed by atoms with Gasteiger partial charge in [-0.2, -0.15) is 15.0 Å². The number of hydrogen-bond donors (Lipinski definition) is 2. The molecule has 3 N–H and O–H groups in total. The molecule has 0 radical (unpaired) electrons. The Kier molecular flexibility index (Phi) is 3.44. The third-order valence-corrected chi connectivity index (χ3v) is 2.88. The molecule has 0 saturated carbocycles. The van der Waals surface area contributed by atoms with Gasteiger partial charge in [0.2, 0.25) is 10.0 Å². The minimum absolute atomic E-state index is 0.0384. The first kappa shape index (κ1) is 14.0. The summed E-state index contributed by atoms with van der Waals surface area (Å²) < 4.78 is 25.3. The predicted octanol–water partition coefficient (Wildman–Crippen LogP) is -0.923. The molecule has 2 aromatic rings. The van der Waals surface area contributed by atoms with Gasteiger partial charge in [-0.3, -0.25) is 9.52 Å². The average molecular weight is 299 g/mol. The minimum Gasteiger partial charge on any atom is -0.396 e. The molecule has 0 saturated heterocycles. The fourth-order valence-electron chi connectivity index (χ4n) is 1.40. The van der Waals surface area contributed by atoms with Crippen molar-refractivity contribution < 1.29 is 13.2 Å². The fourth-order valence-corrected chi connectivity index (χ4v) is 1.88. The molecule has 0 fully saturated rings. The van der Waals surface area contributed by atoms with E-state index in [9.17, 15) is 13.2 Å². The van der Waals surface area contributed by atoms with Crippen molar-refractivity contribution in [1.29, 1.82) is 0 Å². The van der Waals surface area contributed by atoms with E-state index in [2.05, 4.69) is 20.0 Å². The number of sulfonamides is 1. The van der Waals surface area contributed by atoms with Crippen LogP contribution in [0.25, 0.3) is 0 Å². The summed E-state index contributed by atoms with van der Waals surface area (Å²) in [5.74, 6) is -0.359. The van der Waals surface area contributed by atoms with Crippen molar-refractivity contribution in [1.82, 2.24) is 24.8 Å². The molecule has 108 valence electrons. The molecule has 0 amide bonds. The molecule has 0 aliphatic rings. The number of carbonyl (C=O) groups excluding carboxylic acids is 1. The maximum absolute atomic E-state index is 11.9. The van der Waals surface area contributed by atoms with E-state index in [1.807, 2.05) is 0 Å². The lowest BCUT2D eigenvalue weighted by Gasteiger charge is -2.00. The van der Waals surface area contributed by atoms with Gasteiger partial charge in [0, 0.05) is 0 Å². The van der Waals surface area contributed by atoms with E-state index in [1.54, 1.807) is 6.92 Å². The van der Waals surface area contributed by atoms with E-state index < -0.39 is 15.9 Å². The lowest BCUT2D eigenvalue weighted by Crippen LogP contribution is -2.20. The van der Waals surface area contributed by atoms with Gasteiger partial charge in [-0.1, -0.05) is 0 Å². The molecule has 11 heteroatoms. The lowest BCUT2D eigenvalue weighted by molar-refractivity contribution is 0.0864. The number of nitrogen functional groups attached to an aromatic ring is 1. The van der Waals surface area contributed by atoms with E-state index in [0.29, 0.717) is 11.4 Å². The summed E-state index contributed by atoms with van der Waals surface area (Å²) in [6, 6.07) is 0. The van der Waals surface area contributed by atoms with Gasteiger partial charge in [0.05, 0.1) is 30.0 Å². The van der Waals surface area contributed by atoms with Crippen LogP contribution in [0.4, 0.5) is 11.5 Å². The minimum atomic E-state index is -3.43. The van der Waals surface area contributed by atoms with Crippen molar-refractivity contribution in [3.63, 3.8) is 0 Å². The zero-order valence-electron chi connectivity index (χ0n) is 10.8. The summed E-state index contributed by atoms with van der Waals surface area (Å²) >= 11 is 0. The highest BCUT2D eigenvalue weighted by atomic mass is 32.2. The molecule has 10 nitrogen and oxygen atoms in total. The number of nitrogens with one attached hydrogen (secondary N) is 1. The third-order valence-electron chi connectivity index (χ3n) is 2.30. The molecule has 20 heavy (non-hydrogen) atoms. The Hall–Kier alpha value is -2.43. The predicted molar refractivity (Wildman–Crippen MR) is 70.5 cm³/mol. The van der Waals surface area contributed by atoms with Crippen molar-refractivity contribution in [3.05, 3.63) is 18.1 Å². The lowest BCUT2D eigenvalue weighted by atomic mass is 10.4. The van der Waals surface area contributed by atoms with Crippen LogP contribution in [0.5, 0.6) is 0 Å².